The van der Waals surface area contributed by atoms with Crippen LogP contribution in [0.4, 0.5) is 17.6 Å². The van der Waals surface area contributed by atoms with Gasteiger partial charge in [0.1, 0.15) is 5.82 Å². The number of hydrogen-bond acceptors (Lipinski definition) is 2. The van der Waals surface area contributed by atoms with Crippen LogP contribution in [-0.2, 0) is 12.6 Å². The van der Waals surface area contributed by atoms with E-state index in [1.165, 1.54) is 6.07 Å². The Balaban J connectivity index is 2.06. The van der Waals surface area contributed by atoms with Gasteiger partial charge in [-0.1, -0.05) is 12.1 Å². The van der Waals surface area contributed by atoms with Crippen LogP contribution in [0.3, 0.4) is 0 Å². The number of hydrogen-bond donors (Lipinski definition) is 1. The molecule has 1 atom stereocenters. The zero-order valence-corrected chi connectivity index (χ0v) is 11.1. The second kappa shape index (κ2) is 6.22. The van der Waals surface area contributed by atoms with E-state index in [1.807, 2.05) is 6.07 Å². The fourth-order valence-corrected chi connectivity index (χ4v) is 2.03. The molecular weight excluding hydrogens is 284 g/mol. The summed E-state index contributed by atoms with van der Waals surface area (Å²) in [7, 11) is 0. The van der Waals surface area contributed by atoms with Crippen molar-refractivity contribution in [3.63, 3.8) is 0 Å². The number of alkyl halides is 3. The third kappa shape index (κ3) is 4.01. The van der Waals surface area contributed by atoms with E-state index in [9.17, 15) is 17.6 Å². The van der Waals surface area contributed by atoms with Gasteiger partial charge in [-0.25, -0.2) is 4.39 Å². The van der Waals surface area contributed by atoms with Gasteiger partial charge in [0.2, 0.25) is 0 Å². The van der Waals surface area contributed by atoms with Crippen molar-refractivity contribution in [2.75, 3.05) is 0 Å². The fourth-order valence-electron chi connectivity index (χ4n) is 2.03. The molecule has 0 saturated heterocycles. The standard InChI is InChI=1S/C15H14F4N2/c16-13-8-11(4-5-12(13)15(17,18)19)14(20)6-3-10-2-1-7-21-9-10/h1-2,4-5,7-9,14H,3,6,20H2. The smallest absolute Gasteiger partial charge is 0.324 e. The summed E-state index contributed by atoms with van der Waals surface area (Å²) in [6, 6.07) is 5.96. The fraction of sp³-hybridized carbons (Fsp3) is 0.267. The van der Waals surface area contributed by atoms with Crippen molar-refractivity contribution < 1.29 is 17.6 Å². The van der Waals surface area contributed by atoms with Gasteiger partial charge < -0.3 is 5.73 Å². The minimum atomic E-state index is -4.69. The Kier molecular flexibility index (Phi) is 4.57. The average Bonchev–Trinajstić information content (AvgIpc) is 2.44. The zero-order valence-electron chi connectivity index (χ0n) is 11.1. The van der Waals surface area contributed by atoms with E-state index in [4.69, 9.17) is 5.73 Å². The van der Waals surface area contributed by atoms with E-state index in [0.717, 1.165) is 17.7 Å². The number of rotatable bonds is 4. The number of halogens is 4. The summed E-state index contributed by atoms with van der Waals surface area (Å²) in [5.74, 6) is -1.29. The Hall–Kier alpha value is -1.95. The predicted octanol–water partition coefficient (Wildman–Crippen LogP) is 3.87. The summed E-state index contributed by atoms with van der Waals surface area (Å²) in [4.78, 5) is 3.96. The molecule has 0 aliphatic heterocycles. The molecule has 1 aromatic heterocycles. The highest BCUT2D eigenvalue weighted by molar-refractivity contribution is 5.28. The molecule has 2 N–H and O–H groups in total. The van der Waals surface area contributed by atoms with Gasteiger partial charge in [0.25, 0.3) is 0 Å². The lowest BCUT2D eigenvalue weighted by Crippen LogP contribution is -2.14. The average molecular weight is 298 g/mol. The molecule has 2 nitrogen and oxygen atoms in total. The first-order chi connectivity index (χ1) is 9.88. The summed E-state index contributed by atoms with van der Waals surface area (Å²) in [6.45, 7) is 0. The largest absolute Gasteiger partial charge is 0.419 e. The van der Waals surface area contributed by atoms with Crippen molar-refractivity contribution in [3.05, 3.63) is 65.2 Å². The number of pyridine rings is 1. The molecule has 21 heavy (non-hydrogen) atoms. The predicted molar refractivity (Wildman–Crippen MR) is 70.9 cm³/mol. The molecule has 0 spiro atoms. The molecule has 0 aliphatic rings. The molecule has 0 bridgehead atoms. The monoisotopic (exact) mass is 298 g/mol. The third-order valence-corrected chi connectivity index (χ3v) is 3.19. The summed E-state index contributed by atoms with van der Waals surface area (Å²) in [5.41, 5.74) is 5.95. The first kappa shape index (κ1) is 15.4. The van der Waals surface area contributed by atoms with Crippen molar-refractivity contribution in [1.29, 1.82) is 0 Å². The minimum Gasteiger partial charge on any atom is -0.324 e. The van der Waals surface area contributed by atoms with Crippen molar-refractivity contribution in [2.24, 2.45) is 5.73 Å². The summed E-state index contributed by atoms with van der Waals surface area (Å²) in [5, 5.41) is 0. The Morgan fingerprint density at radius 3 is 2.52 bits per heavy atom. The van der Waals surface area contributed by atoms with Crippen LogP contribution in [0.15, 0.2) is 42.7 Å². The Bertz CT molecular complexity index is 596. The molecule has 0 amide bonds. The van der Waals surface area contributed by atoms with Crippen LogP contribution >= 0.6 is 0 Å². The number of aryl methyl sites for hydroxylation is 1. The lowest BCUT2D eigenvalue weighted by atomic mass is 9.99. The molecule has 112 valence electrons. The first-order valence-corrected chi connectivity index (χ1v) is 6.39. The van der Waals surface area contributed by atoms with Crippen LogP contribution in [0.5, 0.6) is 0 Å². The van der Waals surface area contributed by atoms with E-state index in [2.05, 4.69) is 4.98 Å². The van der Waals surface area contributed by atoms with Crippen LogP contribution in [0.2, 0.25) is 0 Å². The molecule has 0 radical (unpaired) electrons. The van der Waals surface area contributed by atoms with Gasteiger partial charge in [-0.15, -0.1) is 0 Å². The van der Waals surface area contributed by atoms with Crippen LogP contribution in [0.25, 0.3) is 0 Å². The molecule has 1 aromatic carbocycles. The van der Waals surface area contributed by atoms with Gasteiger partial charge in [-0.05, 0) is 42.2 Å². The maximum Gasteiger partial charge on any atom is 0.419 e. The van der Waals surface area contributed by atoms with Gasteiger partial charge in [0.15, 0.2) is 0 Å². The SMILES string of the molecule is NC(CCc1cccnc1)c1ccc(C(F)(F)F)c(F)c1. The van der Waals surface area contributed by atoms with Crippen molar-refractivity contribution in [3.8, 4) is 0 Å². The van der Waals surface area contributed by atoms with E-state index in [-0.39, 0.29) is 0 Å². The third-order valence-electron chi connectivity index (χ3n) is 3.19. The van der Waals surface area contributed by atoms with Gasteiger partial charge in [-0.3, -0.25) is 4.98 Å². The molecule has 1 heterocycles. The highest BCUT2D eigenvalue weighted by Crippen LogP contribution is 2.32. The number of aromatic nitrogens is 1. The zero-order chi connectivity index (χ0) is 15.5. The lowest BCUT2D eigenvalue weighted by Gasteiger charge is -2.14. The molecule has 6 heteroatoms. The summed E-state index contributed by atoms with van der Waals surface area (Å²) in [6.07, 6.45) is -0.231. The van der Waals surface area contributed by atoms with Crippen molar-refractivity contribution in [2.45, 2.75) is 25.1 Å². The van der Waals surface area contributed by atoms with Crippen LogP contribution < -0.4 is 5.73 Å². The van der Waals surface area contributed by atoms with Gasteiger partial charge in [0.05, 0.1) is 5.56 Å². The number of nitrogens with two attached hydrogens (primary N) is 1. The molecule has 0 fully saturated rings. The van der Waals surface area contributed by atoms with Crippen LogP contribution in [0.1, 0.15) is 29.2 Å². The summed E-state index contributed by atoms with van der Waals surface area (Å²) >= 11 is 0. The lowest BCUT2D eigenvalue weighted by molar-refractivity contribution is -0.140. The topological polar surface area (TPSA) is 38.9 Å². The van der Waals surface area contributed by atoms with Crippen molar-refractivity contribution in [1.82, 2.24) is 4.98 Å². The molecule has 1 unspecified atom stereocenters. The second-order valence-electron chi connectivity index (χ2n) is 4.74. The molecule has 2 rings (SSSR count). The van der Waals surface area contributed by atoms with E-state index >= 15 is 0 Å². The molecule has 0 saturated carbocycles. The van der Waals surface area contributed by atoms with Gasteiger partial charge in [-0.2, -0.15) is 13.2 Å². The minimum absolute atomic E-state index is 0.351. The van der Waals surface area contributed by atoms with Gasteiger partial charge >= 0.3 is 6.18 Å². The molecule has 2 aromatic rings. The normalized spacial score (nSPS) is 13.2. The van der Waals surface area contributed by atoms with E-state index < -0.39 is 23.6 Å². The Morgan fingerprint density at radius 2 is 1.95 bits per heavy atom. The maximum absolute atomic E-state index is 13.5. The number of nitrogens with zero attached hydrogens (tertiary/aromatic N) is 1. The van der Waals surface area contributed by atoms with E-state index in [1.54, 1.807) is 18.5 Å². The maximum atomic E-state index is 13.5. The van der Waals surface area contributed by atoms with Crippen LogP contribution in [0, 0.1) is 5.82 Å². The second-order valence-corrected chi connectivity index (χ2v) is 4.74. The number of benzene rings is 1. The highest BCUT2D eigenvalue weighted by atomic mass is 19.4. The van der Waals surface area contributed by atoms with Crippen LogP contribution in [-0.4, -0.2) is 4.98 Å². The Morgan fingerprint density at radius 1 is 1.19 bits per heavy atom. The quantitative estimate of drug-likeness (QED) is 0.870. The first-order valence-electron chi connectivity index (χ1n) is 6.39. The Labute approximate surface area is 119 Å². The molecular formula is C15H14F4N2. The highest BCUT2D eigenvalue weighted by Gasteiger charge is 2.34. The van der Waals surface area contributed by atoms with E-state index in [0.29, 0.717) is 18.4 Å². The van der Waals surface area contributed by atoms with Crippen molar-refractivity contribution >= 4 is 0 Å². The molecule has 0 aliphatic carbocycles. The van der Waals surface area contributed by atoms with Gasteiger partial charge in [0, 0.05) is 18.4 Å². The summed E-state index contributed by atoms with van der Waals surface area (Å²) < 4.78 is 50.9.